The normalized spacial score (nSPS) is 22.5. The zero-order valence-corrected chi connectivity index (χ0v) is 8.09. The SMILES string of the molecule is CC(C)=CCC1CCC(=O)NC1=O. The van der Waals surface area contributed by atoms with E-state index in [2.05, 4.69) is 5.32 Å². The molecule has 0 bridgehead atoms. The molecule has 1 heterocycles. The molecule has 0 aromatic rings. The number of piperidine rings is 1. The second-order valence-corrected chi connectivity index (χ2v) is 3.67. The largest absolute Gasteiger partial charge is 0.296 e. The van der Waals surface area contributed by atoms with Gasteiger partial charge in [0.1, 0.15) is 0 Å². The number of amides is 2. The highest BCUT2D eigenvalue weighted by atomic mass is 16.2. The molecule has 1 aliphatic rings. The minimum Gasteiger partial charge on any atom is -0.296 e. The summed E-state index contributed by atoms with van der Waals surface area (Å²) in [7, 11) is 0. The molecular formula is C10H15NO2. The Balaban J connectivity index is 2.47. The van der Waals surface area contributed by atoms with Crippen molar-refractivity contribution >= 4 is 11.8 Å². The number of hydrogen-bond acceptors (Lipinski definition) is 2. The number of imide groups is 1. The van der Waals surface area contributed by atoms with E-state index >= 15 is 0 Å². The van der Waals surface area contributed by atoms with Gasteiger partial charge in [-0.2, -0.15) is 0 Å². The highest BCUT2D eigenvalue weighted by Crippen LogP contribution is 2.17. The van der Waals surface area contributed by atoms with Gasteiger partial charge in [0.05, 0.1) is 0 Å². The van der Waals surface area contributed by atoms with Gasteiger partial charge >= 0.3 is 0 Å². The fraction of sp³-hybridized carbons (Fsp3) is 0.600. The van der Waals surface area contributed by atoms with Crippen LogP contribution in [0.25, 0.3) is 0 Å². The van der Waals surface area contributed by atoms with Crippen LogP contribution in [0.15, 0.2) is 11.6 Å². The Bertz CT molecular complexity index is 252. The summed E-state index contributed by atoms with van der Waals surface area (Å²) in [6, 6.07) is 0. The molecule has 0 aromatic heterocycles. The Morgan fingerprint density at radius 3 is 2.77 bits per heavy atom. The van der Waals surface area contributed by atoms with E-state index in [9.17, 15) is 9.59 Å². The standard InChI is InChI=1S/C10H15NO2/c1-7(2)3-4-8-5-6-9(12)11-10(8)13/h3,8H,4-6H2,1-2H3,(H,11,12,13). The Kier molecular flexibility index (Phi) is 3.23. The van der Waals surface area contributed by atoms with E-state index in [-0.39, 0.29) is 17.7 Å². The molecule has 1 saturated heterocycles. The molecule has 1 aliphatic heterocycles. The zero-order chi connectivity index (χ0) is 9.84. The molecule has 72 valence electrons. The molecule has 0 aliphatic carbocycles. The molecular weight excluding hydrogens is 166 g/mol. The molecule has 3 nitrogen and oxygen atoms in total. The average Bonchev–Trinajstić information content (AvgIpc) is 2.02. The molecule has 0 aromatic carbocycles. The fourth-order valence-corrected chi connectivity index (χ4v) is 1.34. The topological polar surface area (TPSA) is 46.2 Å². The molecule has 0 spiro atoms. The van der Waals surface area contributed by atoms with Gasteiger partial charge in [0, 0.05) is 12.3 Å². The van der Waals surface area contributed by atoms with Gasteiger partial charge in [-0.15, -0.1) is 0 Å². The summed E-state index contributed by atoms with van der Waals surface area (Å²) in [4.78, 5) is 22.1. The van der Waals surface area contributed by atoms with Crippen LogP contribution < -0.4 is 5.32 Å². The number of rotatable bonds is 2. The van der Waals surface area contributed by atoms with Gasteiger partial charge in [-0.1, -0.05) is 11.6 Å². The second-order valence-electron chi connectivity index (χ2n) is 3.67. The maximum atomic E-state index is 11.3. The van der Waals surface area contributed by atoms with Crippen LogP contribution in [0.2, 0.25) is 0 Å². The number of nitrogens with one attached hydrogen (secondary N) is 1. The molecule has 3 heteroatoms. The third-order valence-electron chi connectivity index (χ3n) is 2.16. The van der Waals surface area contributed by atoms with Gasteiger partial charge in [0.15, 0.2) is 0 Å². The minimum absolute atomic E-state index is 0.00685. The van der Waals surface area contributed by atoms with Crippen LogP contribution in [0.1, 0.15) is 33.1 Å². The average molecular weight is 181 g/mol. The third-order valence-corrected chi connectivity index (χ3v) is 2.16. The van der Waals surface area contributed by atoms with Crippen molar-refractivity contribution in [2.24, 2.45) is 5.92 Å². The summed E-state index contributed by atoms with van der Waals surface area (Å²) in [6.45, 7) is 4.01. The number of carbonyl (C=O) groups excluding carboxylic acids is 2. The summed E-state index contributed by atoms with van der Waals surface area (Å²) >= 11 is 0. The lowest BCUT2D eigenvalue weighted by molar-refractivity contribution is -0.136. The first kappa shape index (κ1) is 9.96. The molecule has 1 unspecified atom stereocenters. The van der Waals surface area contributed by atoms with Crippen molar-refractivity contribution in [2.45, 2.75) is 33.1 Å². The highest BCUT2D eigenvalue weighted by Gasteiger charge is 2.25. The van der Waals surface area contributed by atoms with Crippen LogP contribution >= 0.6 is 0 Å². The molecule has 0 saturated carbocycles. The Hall–Kier alpha value is -1.12. The summed E-state index contributed by atoms with van der Waals surface area (Å²) in [5.74, 6) is -0.264. The van der Waals surface area contributed by atoms with Crippen LogP contribution in [0.4, 0.5) is 0 Å². The van der Waals surface area contributed by atoms with E-state index in [0.29, 0.717) is 12.8 Å². The summed E-state index contributed by atoms with van der Waals surface area (Å²) in [5.41, 5.74) is 1.21. The first-order valence-electron chi connectivity index (χ1n) is 4.56. The number of carbonyl (C=O) groups is 2. The smallest absolute Gasteiger partial charge is 0.229 e. The maximum Gasteiger partial charge on any atom is 0.229 e. The molecule has 1 rings (SSSR count). The Morgan fingerprint density at radius 2 is 2.23 bits per heavy atom. The van der Waals surface area contributed by atoms with Gasteiger partial charge in [-0.3, -0.25) is 14.9 Å². The monoisotopic (exact) mass is 181 g/mol. The van der Waals surface area contributed by atoms with E-state index in [1.165, 1.54) is 5.57 Å². The number of allylic oxidation sites excluding steroid dienone is 2. The Labute approximate surface area is 78.2 Å². The first-order chi connectivity index (χ1) is 6.09. The lowest BCUT2D eigenvalue weighted by atomic mass is 9.94. The van der Waals surface area contributed by atoms with Crippen molar-refractivity contribution in [3.63, 3.8) is 0 Å². The zero-order valence-electron chi connectivity index (χ0n) is 8.09. The second kappa shape index (κ2) is 4.21. The molecule has 13 heavy (non-hydrogen) atoms. The first-order valence-corrected chi connectivity index (χ1v) is 4.56. The number of hydrogen-bond donors (Lipinski definition) is 1. The minimum atomic E-state index is -0.140. The van der Waals surface area contributed by atoms with E-state index in [0.717, 1.165) is 6.42 Å². The highest BCUT2D eigenvalue weighted by molar-refractivity contribution is 5.98. The summed E-state index contributed by atoms with van der Waals surface area (Å²) < 4.78 is 0. The van der Waals surface area contributed by atoms with Crippen molar-refractivity contribution in [1.29, 1.82) is 0 Å². The van der Waals surface area contributed by atoms with Crippen molar-refractivity contribution in [3.05, 3.63) is 11.6 Å². The van der Waals surface area contributed by atoms with Gasteiger partial charge in [-0.25, -0.2) is 0 Å². The Morgan fingerprint density at radius 1 is 1.54 bits per heavy atom. The van der Waals surface area contributed by atoms with Crippen LogP contribution in [0.3, 0.4) is 0 Å². The van der Waals surface area contributed by atoms with Gasteiger partial charge in [0.25, 0.3) is 0 Å². The van der Waals surface area contributed by atoms with E-state index in [4.69, 9.17) is 0 Å². The van der Waals surface area contributed by atoms with Crippen molar-refractivity contribution in [2.75, 3.05) is 0 Å². The molecule has 0 radical (unpaired) electrons. The van der Waals surface area contributed by atoms with Gasteiger partial charge in [0.2, 0.25) is 11.8 Å². The molecule has 1 fully saturated rings. The molecule has 1 atom stereocenters. The van der Waals surface area contributed by atoms with Gasteiger partial charge < -0.3 is 0 Å². The lowest BCUT2D eigenvalue weighted by Crippen LogP contribution is -2.40. The van der Waals surface area contributed by atoms with Crippen molar-refractivity contribution in [1.82, 2.24) is 5.32 Å². The van der Waals surface area contributed by atoms with Crippen LogP contribution in [-0.4, -0.2) is 11.8 Å². The van der Waals surface area contributed by atoms with Crippen LogP contribution in [0.5, 0.6) is 0 Å². The molecule has 1 N–H and O–H groups in total. The summed E-state index contributed by atoms with van der Waals surface area (Å²) in [6.07, 6.45) is 3.96. The van der Waals surface area contributed by atoms with Gasteiger partial charge in [-0.05, 0) is 26.7 Å². The predicted octanol–water partition coefficient (Wildman–Crippen LogP) is 1.40. The maximum absolute atomic E-state index is 11.3. The van der Waals surface area contributed by atoms with Crippen molar-refractivity contribution in [3.8, 4) is 0 Å². The van der Waals surface area contributed by atoms with Crippen molar-refractivity contribution < 1.29 is 9.59 Å². The van der Waals surface area contributed by atoms with E-state index in [1.807, 2.05) is 19.9 Å². The fourth-order valence-electron chi connectivity index (χ4n) is 1.34. The van der Waals surface area contributed by atoms with E-state index < -0.39 is 0 Å². The van der Waals surface area contributed by atoms with Crippen LogP contribution in [-0.2, 0) is 9.59 Å². The predicted molar refractivity (Wildman–Crippen MR) is 49.9 cm³/mol. The summed E-state index contributed by atoms with van der Waals surface area (Å²) in [5, 5.41) is 2.35. The third kappa shape index (κ3) is 3.01. The quantitative estimate of drug-likeness (QED) is 0.517. The lowest BCUT2D eigenvalue weighted by Gasteiger charge is -2.19. The molecule has 2 amide bonds. The van der Waals surface area contributed by atoms with E-state index in [1.54, 1.807) is 0 Å². The van der Waals surface area contributed by atoms with Crippen LogP contribution in [0, 0.1) is 5.92 Å².